The number of para-hydroxylation sites is 1. The molecule has 4 aromatic rings. The molecule has 0 aliphatic carbocycles. The average molecular weight is 470 g/mol. The molecule has 0 saturated heterocycles. The molecule has 0 fully saturated rings. The fourth-order valence-electron chi connectivity index (χ4n) is 4.18. The topological polar surface area (TPSA) is 85.7 Å². The van der Waals surface area contributed by atoms with Crippen molar-refractivity contribution in [1.82, 2.24) is 19.3 Å². The molecule has 2 aromatic carbocycles. The van der Waals surface area contributed by atoms with Crippen LogP contribution in [0.2, 0.25) is 0 Å². The second-order valence-corrected chi connectivity index (χ2v) is 9.08. The third-order valence-electron chi connectivity index (χ3n) is 5.91. The summed E-state index contributed by atoms with van der Waals surface area (Å²) in [5.41, 5.74) is 1.77. The number of hydrogen-bond acceptors (Lipinski definition) is 6. The maximum Gasteiger partial charge on any atom is 0.273 e. The van der Waals surface area contributed by atoms with E-state index in [1.165, 1.54) is 11.3 Å². The Hall–Kier alpha value is -3.96. The lowest BCUT2D eigenvalue weighted by molar-refractivity contribution is 0.415. The highest BCUT2D eigenvalue weighted by Gasteiger charge is 2.21. The number of methoxy groups -OCH3 is 1. The standard InChI is InChI=1S/C26H23N5O2S/c1-33-20-13-11-18(12-14-20)16-22-25(32)31(19-8-4-2-5-9-19)26(34-22)21(17-27)24-29-28-23-10-6-3-7-15-30(23)24/h2,4-5,8-9,11-14,16H,3,6-7,10,15H2,1H3/b22-16-,26-21-. The van der Waals surface area contributed by atoms with Crippen LogP contribution in [0, 0.1) is 11.3 Å². The van der Waals surface area contributed by atoms with Gasteiger partial charge in [0, 0.05) is 13.0 Å². The van der Waals surface area contributed by atoms with Crippen molar-refractivity contribution in [2.75, 3.05) is 7.11 Å². The third kappa shape index (κ3) is 4.06. The number of ether oxygens (including phenoxy) is 1. The predicted octanol–water partition coefficient (Wildman–Crippen LogP) is 2.78. The largest absolute Gasteiger partial charge is 0.497 e. The summed E-state index contributed by atoms with van der Waals surface area (Å²) >= 11 is 1.30. The highest BCUT2D eigenvalue weighted by Crippen LogP contribution is 2.18. The van der Waals surface area contributed by atoms with Crippen LogP contribution in [-0.4, -0.2) is 26.4 Å². The van der Waals surface area contributed by atoms with Gasteiger partial charge in [0.15, 0.2) is 5.82 Å². The lowest BCUT2D eigenvalue weighted by atomic mass is 10.2. The number of thiazole rings is 1. The van der Waals surface area contributed by atoms with E-state index in [1.807, 2.05) is 65.2 Å². The van der Waals surface area contributed by atoms with Gasteiger partial charge in [-0.05, 0) is 48.7 Å². The summed E-state index contributed by atoms with van der Waals surface area (Å²) in [5, 5.41) is 19.0. The van der Waals surface area contributed by atoms with E-state index >= 15 is 0 Å². The first-order chi connectivity index (χ1) is 16.7. The van der Waals surface area contributed by atoms with Crippen LogP contribution >= 0.6 is 11.3 Å². The van der Waals surface area contributed by atoms with Crippen LogP contribution in [0.3, 0.4) is 0 Å². The van der Waals surface area contributed by atoms with Gasteiger partial charge in [-0.2, -0.15) is 5.26 Å². The lowest BCUT2D eigenvalue weighted by Crippen LogP contribution is -2.31. The minimum absolute atomic E-state index is 0.176. The van der Waals surface area contributed by atoms with Crippen molar-refractivity contribution in [3.63, 3.8) is 0 Å². The zero-order valence-corrected chi connectivity index (χ0v) is 19.6. The highest BCUT2D eigenvalue weighted by molar-refractivity contribution is 7.07. The molecular weight excluding hydrogens is 446 g/mol. The molecule has 0 atom stereocenters. The molecule has 0 N–H and O–H groups in total. The van der Waals surface area contributed by atoms with E-state index in [1.54, 1.807) is 11.7 Å². The van der Waals surface area contributed by atoms with Gasteiger partial charge in [-0.25, -0.2) is 0 Å². The van der Waals surface area contributed by atoms with Crippen molar-refractivity contribution in [3.8, 4) is 17.5 Å². The zero-order chi connectivity index (χ0) is 23.5. The van der Waals surface area contributed by atoms with Gasteiger partial charge in [0.05, 0.1) is 17.3 Å². The van der Waals surface area contributed by atoms with E-state index in [9.17, 15) is 10.1 Å². The van der Waals surface area contributed by atoms with E-state index in [2.05, 4.69) is 16.3 Å². The molecule has 3 heterocycles. The summed E-state index contributed by atoms with van der Waals surface area (Å²) in [4.78, 5) is 13.6. The summed E-state index contributed by atoms with van der Waals surface area (Å²) in [6.45, 7) is 0.772. The van der Waals surface area contributed by atoms with Crippen LogP contribution in [0.4, 0.5) is 0 Å². The van der Waals surface area contributed by atoms with Crippen molar-refractivity contribution in [1.29, 1.82) is 5.26 Å². The first-order valence-electron chi connectivity index (χ1n) is 11.2. The van der Waals surface area contributed by atoms with Crippen molar-refractivity contribution in [2.45, 2.75) is 32.2 Å². The maximum absolute atomic E-state index is 13.6. The normalized spacial score (nSPS) is 14.8. The van der Waals surface area contributed by atoms with Gasteiger partial charge in [-0.3, -0.25) is 9.36 Å². The Morgan fingerprint density at radius 1 is 1.09 bits per heavy atom. The van der Waals surface area contributed by atoms with Crippen LogP contribution in [0.25, 0.3) is 17.3 Å². The van der Waals surface area contributed by atoms with Crippen molar-refractivity contribution in [2.24, 2.45) is 0 Å². The van der Waals surface area contributed by atoms with Crippen LogP contribution in [0.1, 0.15) is 36.5 Å². The summed E-state index contributed by atoms with van der Waals surface area (Å²) in [6.07, 6.45) is 5.89. The highest BCUT2D eigenvalue weighted by atomic mass is 32.1. The fraction of sp³-hybridized carbons (Fsp3) is 0.231. The molecule has 0 saturated carbocycles. The first kappa shape index (κ1) is 21.9. The number of hydrogen-bond donors (Lipinski definition) is 0. The Morgan fingerprint density at radius 2 is 1.88 bits per heavy atom. The van der Waals surface area contributed by atoms with Crippen LogP contribution < -0.4 is 19.5 Å². The van der Waals surface area contributed by atoms with E-state index in [-0.39, 0.29) is 5.56 Å². The van der Waals surface area contributed by atoms with E-state index in [0.29, 0.717) is 26.3 Å². The number of rotatable bonds is 4. The van der Waals surface area contributed by atoms with Gasteiger partial charge >= 0.3 is 0 Å². The van der Waals surface area contributed by atoms with Gasteiger partial charge in [0.2, 0.25) is 0 Å². The summed E-state index contributed by atoms with van der Waals surface area (Å²) in [6, 6.07) is 19.2. The van der Waals surface area contributed by atoms with E-state index < -0.39 is 0 Å². The molecule has 0 spiro atoms. The minimum Gasteiger partial charge on any atom is -0.497 e. The molecule has 0 bridgehead atoms. The summed E-state index contributed by atoms with van der Waals surface area (Å²) < 4.78 is 9.97. The zero-order valence-electron chi connectivity index (χ0n) is 18.8. The fourth-order valence-corrected chi connectivity index (χ4v) is 5.28. The Morgan fingerprint density at radius 3 is 2.62 bits per heavy atom. The number of benzene rings is 2. The van der Waals surface area contributed by atoms with Gasteiger partial charge in [-0.1, -0.05) is 36.8 Å². The molecule has 0 amide bonds. The first-order valence-corrected chi connectivity index (χ1v) is 12.0. The Labute approximate surface area is 200 Å². The van der Waals surface area contributed by atoms with Crippen molar-refractivity contribution >= 4 is 23.0 Å². The van der Waals surface area contributed by atoms with Crippen LogP contribution in [0.15, 0.2) is 59.4 Å². The molecule has 8 heteroatoms. The lowest BCUT2D eigenvalue weighted by Gasteiger charge is -2.07. The minimum atomic E-state index is -0.176. The maximum atomic E-state index is 13.6. The van der Waals surface area contributed by atoms with Crippen molar-refractivity contribution in [3.05, 3.63) is 91.4 Å². The molecule has 34 heavy (non-hydrogen) atoms. The molecule has 2 aromatic heterocycles. The van der Waals surface area contributed by atoms with Gasteiger partial charge in [0.25, 0.3) is 5.56 Å². The van der Waals surface area contributed by atoms with Crippen molar-refractivity contribution < 1.29 is 4.74 Å². The molecular formula is C26H23N5O2S. The van der Waals surface area contributed by atoms with Gasteiger partial charge in [-0.15, -0.1) is 21.5 Å². The SMILES string of the molecule is COc1ccc(/C=c2\s/c(=C(/C#N)c3nnc4n3CCCCC4)n(-c3ccccc3)c2=O)cc1. The summed E-state index contributed by atoms with van der Waals surface area (Å²) in [7, 11) is 1.62. The number of nitrogens with zero attached hydrogens (tertiary/aromatic N) is 5. The van der Waals surface area contributed by atoms with Crippen LogP contribution in [-0.2, 0) is 13.0 Å². The van der Waals surface area contributed by atoms with Gasteiger partial charge < -0.3 is 9.30 Å². The number of aromatic nitrogens is 4. The quantitative estimate of drug-likeness (QED) is 0.459. The second kappa shape index (κ2) is 9.49. The molecule has 1 aliphatic rings. The number of nitriles is 1. The van der Waals surface area contributed by atoms with E-state index in [4.69, 9.17) is 4.74 Å². The molecule has 1 aliphatic heterocycles. The third-order valence-corrected chi connectivity index (χ3v) is 7.00. The smallest absolute Gasteiger partial charge is 0.273 e. The summed E-state index contributed by atoms with van der Waals surface area (Å²) in [5.74, 6) is 2.18. The monoisotopic (exact) mass is 469 g/mol. The Kier molecular flexibility index (Phi) is 6.11. The van der Waals surface area contributed by atoms with Gasteiger partial charge in [0.1, 0.15) is 27.9 Å². The second-order valence-electron chi connectivity index (χ2n) is 8.05. The number of fused-ring (bicyclic) bond motifs is 1. The average Bonchev–Trinajstić information content (AvgIpc) is 3.31. The molecule has 0 unspecified atom stereocenters. The van der Waals surface area contributed by atoms with Crippen LogP contribution in [0.5, 0.6) is 5.75 Å². The Bertz CT molecular complexity index is 1540. The molecule has 5 rings (SSSR count). The molecule has 7 nitrogen and oxygen atoms in total. The predicted molar refractivity (Wildman–Crippen MR) is 131 cm³/mol. The molecule has 170 valence electrons. The van der Waals surface area contributed by atoms with E-state index in [0.717, 1.165) is 49.4 Å². The molecule has 0 radical (unpaired) electrons. The number of aryl methyl sites for hydroxylation is 1. The Balaban J connectivity index is 1.79.